The minimum Gasteiger partial charge on any atom is -0.300 e. The Morgan fingerprint density at radius 2 is 1.41 bits per heavy atom. The maximum absolute atomic E-state index is 11.4. The molecular formula is C16H30O. The molecule has 0 heterocycles. The summed E-state index contributed by atoms with van der Waals surface area (Å²) in [5.41, 5.74) is 0. The highest BCUT2D eigenvalue weighted by Crippen LogP contribution is 2.11. The van der Waals surface area contributed by atoms with Crippen molar-refractivity contribution in [1.82, 2.24) is 0 Å². The molecule has 0 bridgehead atoms. The first-order chi connectivity index (χ1) is 8.31. The second kappa shape index (κ2) is 13.5. The summed E-state index contributed by atoms with van der Waals surface area (Å²) < 4.78 is 0. The van der Waals surface area contributed by atoms with Gasteiger partial charge in [-0.15, -0.1) is 6.58 Å². The zero-order valence-corrected chi connectivity index (χ0v) is 11.7. The number of unbranched alkanes of at least 4 members (excludes halogenated alkanes) is 8. The smallest absolute Gasteiger partial charge is 0.133 e. The maximum atomic E-state index is 11.4. The Balaban J connectivity index is 3.07. The van der Waals surface area contributed by atoms with Gasteiger partial charge in [0, 0.05) is 12.8 Å². The number of hydrogen-bond acceptors (Lipinski definition) is 1. The van der Waals surface area contributed by atoms with Crippen LogP contribution in [0, 0.1) is 0 Å². The summed E-state index contributed by atoms with van der Waals surface area (Å²) in [6, 6.07) is 0. The van der Waals surface area contributed by atoms with Crippen molar-refractivity contribution in [2.45, 2.75) is 84.0 Å². The van der Waals surface area contributed by atoms with Crippen molar-refractivity contribution in [3.05, 3.63) is 12.7 Å². The Labute approximate surface area is 108 Å². The van der Waals surface area contributed by atoms with Crippen LogP contribution in [0.1, 0.15) is 84.0 Å². The van der Waals surface area contributed by atoms with Crippen LogP contribution in [0.25, 0.3) is 0 Å². The Bertz CT molecular complexity index is 184. The van der Waals surface area contributed by atoms with Gasteiger partial charge in [-0.05, 0) is 12.8 Å². The Morgan fingerprint density at radius 1 is 0.882 bits per heavy atom. The third-order valence-corrected chi connectivity index (χ3v) is 3.19. The Hall–Kier alpha value is -0.590. The molecule has 0 radical (unpaired) electrons. The SMILES string of the molecule is C=CCCC(=O)CCCCCCCCCCC. The standard InChI is InChI=1S/C16H30O/c1-3-5-7-8-9-10-11-12-13-15-16(17)14-6-4-2/h4H,2-3,5-15H2,1H3. The molecule has 0 aliphatic rings. The fraction of sp³-hybridized carbons (Fsp3) is 0.812. The van der Waals surface area contributed by atoms with E-state index in [2.05, 4.69) is 13.5 Å². The van der Waals surface area contributed by atoms with Gasteiger partial charge in [0.15, 0.2) is 0 Å². The fourth-order valence-electron chi connectivity index (χ4n) is 2.02. The van der Waals surface area contributed by atoms with Crippen LogP contribution in [0.3, 0.4) is 0 Å². The van der Waals surface area contributed by atoms with Crippen LogP contribution in [-0.4, -0.2) is 5.78 Å². The molecule has 17 heavy (non-hydrogen) atoms. The van der Waals surface area contributed by atoms with E-state index in [4.69, 9.17) is 0 Å². The Kier molecular flexibility index (Phi) is 13.0. The molecule has 1 nitrogen and oxygen atoms in total. The molecule has 0 aromatic heterocycles. The highest BCUT2D eigenvalue weighted by molar-refractivity contribution is 5.78. The molecule has 0 saturated carbocycles. The van der Waals surface area contributed by atoms with Crippen LogP contribution in [0.5, 0.6) is 0 Å². The zero-order chi connectivity index (χ0) is 12.8. The quantitative estimate of drug-likeness (QED) is 0.308. The van der Waals surface area contributed by atoms with Gasteiger partial charge < -0.3 is 0 Å². The summed E-state index contributed by atoms with van der Waals surface area (Å²) in [5.74, 6) is 0.410. The minimum atomic E-state index is 0.410. The van der Waals surface area contributed by atoms with Crippen LogP contribution in [0.4, 0.5) is 0 Å². The van der Waals surface area contributed by atoms with Crippen molar-refractivity contribution in [3.63, 3.8) is 0 Å². The highest BCUT2D eigenvalue weighted by Gasteiger charge is 1.99. The summed E-state index contributed by atoms with van der Waals surface area (Å²) in [5, 5.41) is 0. The first kappa shape index (κ1) is 16.4. The predicted octanol–water partition coefficient (Wildman–Crippen LogP) is 5.44. The molecule has 0 spiro atoms. The number of allylic oxidation sites excluding steroid dienone is 1. The molecule has 0 aliphatic carbocycles. The van der Waals surface area contributed by atoms with E-state index in [0.717, 1.165) is 19.3 Å². The van der Waals surface area contributed by atoms with Crippen LogP contribution in [-0.2, 0) is 4.79 Å². The molecule has 0 aliphatic heterocycles. The van der Waals surface area contributed by atoms with Crippen molar-refractivity contribution in [2.24, 2.45) is 0 Å². The first-order valence-electron chi connectivity index (χ1n) is 7.43. The molecule has 0 N–H and O–H groups in total. The van der Waals surface area contributed by atoms with Gasteiger partial charge in [-0.3, -0.25) is 4.79 Å². The molecule has 0 aromatic carbocycles. The van der Waals surface area contributed by atoms with E-state index in [1.807, 2.05) is 6.08 Å². The molecule has 1 heteroatoms. The van der Waals surface area contributed by atoms with Gasteiger partial charge in [0.1, 0.15) is 5.78 Å². The number of hydrogen-bond donors (Lipinski definition) is 0. The van der Waals surface area contributed by atoms with Crippen LogP contribution < -0.4 is 0 Å². The normalized spacial score (nSPS) is 10.4. The third-order valence-electron chi connectivity index (χ3n) is 3.19. The molecule has 0 atom stereocenters. The van der Waals surface area contributed by atoms with Gasteiger partial charge >= 0.3 is 0 Å². The number of carbonyl (C=O) groups excluding carboxylic acids is 1. The number of carbonyl (C=O) groups is 1. The van der Waals surface area contributed by atoms with E-state index in [1.54, 1.807) is 0 Å². The molecule has 0 aromatic rings. The van der Waals surface area contributed by atoms with E-state index < -0.39 is 0 Å². The van der Waals surface area contributed by atoms with Crippen molar-refractivity contribution >= 4 is 5.78 Å². The summed E-state index contributed by atoms with van der Waals surface area (Å²) in [6.45, 7) is 5.89. The second-order valence-corrected chi connectivity index (χ2v) is 4.94. The Morgan fingerprint density at radius 3 is 1.94 bits per heavy atom. The molecule has 0 saturated heterocycles. The lowest BCUT2D eigenvalue weighted by molar-refractivity contribution is -0.119. The zero-order valence-electron chi connectivity index (χ0n) is 11.7. The molecule has 100 valence electrons. The van der Waals surface area contributed by atoms with Gasteiger partial charge in [-0.1, -0.05) is 64.4 Å². The monoisotopic (exact) mass is 238 g/mol. The minimum absolute atomic E-state index is 0.410. The fourth-order valence-corrected chi connectivity index (χ4v) is 2.02. The summed E-state index contributed by atoms with van der Waals surface area (Å²) in [4.78, 5) is 11.4. The van der Waals surface area contributed by atoms with Crippen LogP contribution in [0.15, 0.2) is 12.7 Å². The number of ketones is 1. The molecule has 0 rings (SSSR count). The van der Waals surface area contributed by atoms with Gasteiger partial charge in [-0.25, -0.2) is 0 Å². The van der Waals surface area contributed by atoms with E-state index >= 15 is 0 Å². The van der Waals surface area contributed by atoms with Gasteiger partial charge in [0.05, 0.1) is 0 Å². The lowest BCUT2D eigenvalue weighted by atomic mass is 10.0. The molecule has 0 fully saturated rings. The van der Waals surface area contributed by atoms with Crippen molar-refractivity contribution < 1.29 is 4.79 Å². The average Bonchev–Trinajstić information content (AvgIpc) is 2.34. The number of Topliss-reactive ketones (excluding diaryl/α,β-unsaturated/α-hetero) is 1. The third kappa shape index (κ3) is 13.3. The number of rotatable bonds is 13. The molecule has 0 unspecified atom stereocenters. The highest BCUT2D eigenvalue weighted by atomic mass is 16.1. The van der Waals surface area contributed by atoms with E-state index in [0.29, 0.717) is 12.2 Å². The molecule has 0 amide bonds. The van der Waals surface area contributed by atoms with Gasteiger partial charge in [0.25, 0.3) is 0 Å². The van der Waals surface area contributed by atoms with Crippen LogP contribution in [0.2, 0.25) is 0 Å². The largest absolute Gasteiger partial charge is 0.300 e. The maximum Gasteiger partial charge on any atom is 0.133 e. The van der Waals surface area contributed by atoms with E-state index in [-0.39, 0.29) is 0 Å². The topological polar surface area (TPSA) is 17.1 Å². The first-order valence-corrected chi connectivity index (χ1v) is 7.43. The average molecular weight is 238 g/mol. The lowest BCUT2D eigenvalue weighted by Crippen LogP contribution is -1.96. The second-order valence-electron chi connectivity index (χ2n) is 4.94. The summed E-state index contributed by atoms with van der Waals surface area (Å²) >= 11 is 0. The van der Waals surface area contributed by atoms with Crippen molar-refractivity contribution in [2.75, 3.05) is 0 Å². The van der Waals surface area contributed by atoms with Gasteiger partial charge in [0.2, 0.25) is 0 Å². The molecular weight excluding hydrogens is 208 g/mol. The lowest BCUT2D eigenvalue weighted by Gasteiger charge is -2.01. The summed E-state index contributed by atoms with van der Waals surface area (Å²) in [7, 11) is 0. The van der Waals surface area contributed by atoms with E-state index in [1.165, 1.54) is 51.4 Å². The van der Waals surface area contributed by atoms with Crippen molar-refractivity contribution in [3.8, 4) is 0 Å². The van der Waals surface area contributed by atoms with E-state index in [9.17, 15) is 4.79 Å². The van der Waals surface area contributed by atoms with Crippen LogP contribution >= 0.6 is 0 Å². The summed E-state index contributed by atoms with van der Waals surface area (Å²) in [6.07, 6.45) is 16.0. The van der Waals surface area contributed by atoms with Gasteiger partial charge in [-0.2, -0.15) is 0 Å². The predicted molar refractivity (Wildman–Crippen MR) is 76.3 cm³/mol. The van der Waals surface area contributed by atoms with Crippen molar-refractivity contribution in [1.29, 1.82) is 0 Å².